The normalized spacial score (nSPS) is 59.1. The number of rotatable bonds is 2. The van der Waals surface area contributed by atoms with Gasteiger partial charge < -0.3 is 4.74 Å². The van der Waals surface area contributed by atoms with Gasteiger partial charge >= 0.3 is 0 Å². The average molecular weight is 314 g/mol. The van der Waals surface area contributed by atoms with Gasteiger partial charge in [0.25, 0.3) is 0 Å². The first kappa shape index (κ1) is 13.6. The Hall–Kier alpha value is -0.700. The summed E-state index contributed by atoms with van der Waals surface area (Å²) >= 11 is 0. The quantitative estimate of drug-likeness (QED) is 0.787. The zero-order valence-corrected chi connectivity index (χ0v) is 13.7. The van der Waals surface area contributed by atoms with Crippen molar-refractivity contribution < 1.29 is 14.3 Å². The van der Waals surface area contributed by atoms with Crippen LogP contribution >= 0.6 is 0 Å². The summed E-state index contributed by atoms with van der Waals surface area (Å²) in [5.74, 6) is 4.77. The number of carbonyl (C=O) groups is 2. The third kappa shape index (κ3) is 1.75. The van der Waals surface area contributed by atoms with E-state index in [1.54, 1.807) is 0 Å². The molecule has 0 aromatic heterocycles. The van der Waals surface area contributed by atoms with E-state index in [1.165, 1.54) is 12.8 Å². The molecule has 0 N–H and O–H groups in total. The second-order valence-corrected chi connectivity index (χ2v) is 9.61. The molecule has 0 aromatic rings. The highest BCUT2D eigenvalue weighted by molar-refractivity contribution is 5.87. The molecule has 8 bridgehead atoms. The van der Waals surface area contributed by atoms with Crippen LogP contribution in [0.5, 0.6) is 0 Å². The van der Waals surface area contributed by atoms with Crippen LogP contribution in [0.1, 0.15) is 51.4 Å². The fraction of sp³-hybridized carbons (Fsp3) is 0.900. The Kier molecular flexibility index (Phi) is 2.64. The van der Waals surface area contributed by atoms with Crippen molar-refractivity contribution in [1.29, 1.82) is 0 Å². The smallest absolute Gasteiger partial charge is 0.141 e. The van der Waals surface area contributed by atoms with Gasteiger partial charge in [0, 0.05) is 23.7 Å². The molecule has 10 atom stereocenters. The van der Waals surface area contributed by atoms with Gasteiger partial charge in [0.15, 0.2) is 0 Å². The Bertz CT molecular complexity index is 533. The Morgan fingerprint density at radius 2 is 1.09 bits per heavy atom. The molecular formula is C20H26O3. The Morgan fingerprint density at radius 1 is 0.609 bits per heavy atom. The van der Waals surface area contributed by atoms with Crippen LogP contribution in [0.2, 0.25) is 0 Å². The van der Waals surface area contributed by atoms with Crippen LogP contribution in [0.4, 0.5) is 0 Å². The monoisotopic (exact) mass is 314 g/mol. The van der Waals surface area contributed by atoms with E-state index in [2.05, 4.69) is 0 Å². The van der Waals surface area contributed by atoms with Crippen molar-refractivity contribution in [3.63, 3.8) is 0 Å². The van der Waals surface area contributed by atoms with E-state index in [1.807, 2.05) is 0 Å². The van der Waals surface area contributed by atoms with E-state index in [0.717, 1.165) is 50.4 Å². The Labute approximate surface area is 137 Å². The van der Waals surface area contributed by atoms with Crippen LogP contribution in [0.15, 0.2) is 0 Å². The second kappa shape index (κ2) is 4.47. The molecule has 3 nitrogen and oxygen atoms in total. The fourth-order valence-corrected chi connectivity index (χ4v) is 7.75. The van der Waals surface area contributed by atoms with E-state index < -0.39 is 0 Å². The molecule has 8 saturated carbocycles. The molecule has 0 saturated heterocycles. The molecule has 0 aliphatic heterocycles. The average Bonchev–Trinajstić information content (AvgIpc) is 2.54. The van der Waals surface area contributed by atoms with Gasteiger partial charge in [-0.1, -0.05) is 0 Å². The third-order valence-corrected chi connectivity index (χ3v) is 8.43. The lowest BCUT2D eigenvalue weighted by molar-refractivity contribution is -0.204. The molecule has 8 rings (SSSR count). The van der Waals surface area contributed by atoms with E-state index in [4.69, 9.17) is 4.74 Å². The molecule has 10 unspecified atom stereocenters. The predicted octanol–water partition coefficient (Wildman–Crippen LogP) is 3.01. The third-order valence-electron chi connectivity index (χ3n) is 8.43. The fourth-order valence-electron chi connectivity index (χ4n) is 7.75. The minimum absolute atomic E-state index is 0.144. The van der Waals surface area contributed by atoms with Gasteiger partial charge in [-0.25, -0.2) is 0 Å². The van der Waals surface area contributed by atoms with E-state index in [-0.39, 0.29) is 24.0 Å². The minimum Gasteiger partial charge on any atom is -0.373 e. The number of ketones is 2. The highest BCUT2D eigenvalue weighted by Gasteiger charge is 2.58. The Morgan fingerprint density at radius 3 is 1.57 bits per heavy atom. The van der Waals surface area contributed by atoms with Gasteiger partial charge in [-0.2, -0.15) is 0 Å². The molecule has 0 spiro atoms. The first-order valence-electron chi connectivity index (χ1n) is 9.90. The molecule has 8 aliphatic rings. The largest absolute Gasteiger partial charge is 0.373 e. The van der Waals surface area contributed by atoms with Crippen molar-refractivity contribution in [2.75, 3.05) is 0 Å². The van der Waals surface area contributed by atoms with Gasteiger partial charge in [0.1, 0.15) is 11.6 Å². The lowest BCUT2D eigenvalue weighted by Crippen LogP contribution is -2.60. The number of carbonyl (C=O) groups excluding carboxylic acids is 2. The van der Waals surface area contributed by atoms with Crippen LogP contribution in [-0.2, 0) is 14.3 Å². The lowest BCUT2D eigenvalue weighted by atomic mass is 9.53. The molecule has 8 aliphatic carbocycles. The summed E-state index contributed by atoms with van der Waals surface area (Å²) in [5.41, 5.74) is 0. The number of Topliss-reactive ketones (excluding diaryl/α,β-unsaturated/α-hetero) is 2. The van der Waals surface area contributed by atoms with Crippen molar-refractivity contribution in [3.8, 4) is 0 Å². The highest BCUT2D eigenvalue weighted by atomic mass is 16.5. The van der Waals surface area contributed by atoms with Gasteiger partial charge in [-0.05, 0) is 75.0 Å². The predicted molar refractivity (Wildman–Crippen MR) is 83.5 cm³/mol. The van der Waals surface area contributed by atoms with Crippen LogP contribution in [-0.4, -0.2) is 23.8 Å². The minimum atomic E-state index is 0.144. The second-order valence-electron chi connectivity index (χ2n) is 9.61. The maximum Gasteiger partial charge on any atom is 0.141 e. The highest BCUT2D eigenvalue weighted by Crippen LogP contribution is 2.57. The molecule has 0 radical (unpaired) electrons. The zero-order valence-electron chi connectivity index (χ0n) is 13.7. The van der Waals surface area contributed by atoms with Crippen molar-refractivity contribution in [2.24, 2.45) is 47.3 Å². The summed E-state index contributed by atoms with van der Waals surface area (Å²) < 4.78 is 6.70. The zero-order chi connectivity index (χ0) is 15.3. The van der Waals surface area contributed by atoms with Gasteiger partial charge in [-0.3, -0.25) is 9.59 Å². The Balaban J connectivity index is 1.28. The number of ether oxygens (including phenoxy) is 1. The van der Waals surface area contributed by atoms with E-state index >= 15 is 0 Å². The first-order chi connectivity index (χ1) is 11.2. The molecule has 124 valence electrons. The molecule has 0 heterocycles. The number of hydrogen-bond acceptors (Lipinski definition) is 3. The maximum atomic E-state index is 12.6. The van der Waals surface area contributed by atoms with Gasteiger partial charge in [0.2, 0.25) is 0 Å². The van der Waals surface area contributed by atoms with Crippen LogP contribution in [0, 0.1) is 47.3 Å². The SMILES string of the molecule is O=C1C2CC3CC(C2)C(OC2C4CC5CC(C4)C(=O)C2C5)C1C3. The van der Waals surface area contributed by atoms with Gasteiger partial charge in [0.05, 0.1) is 12.2 Å². The van der Waals surface area contributed by atoms with Crippen LogP contribution in [0.3, 0.4) is 0 Å². The molecule has 23 heavy (non-hydrogen) atoms. The maximum absolute atomic E-state index is 12.6. The van der Waals surface area contributed by atoms with Crippen molar-refractivity contribution in [3.05, 3.63) is 0 Å². The van der Waals surface area contributed by atoms with Gasteiger partial charge in [-0.15, -0.1) is 0 Å². The summed E-state index contributed by atoms with van der Waals surface area (Å²) in [6, 6.07) is 0. The summed E-state index contributed by atoms with van der Waals surface area (Å²) in [4.78, 5) is 25.3. The van der Waals surface area contributed by atoms with E-state index in [9.17, 15) is 9.59 Å². The molecule has 0 aromatic carbocycles. The van der Waals surface area contributed by atoms with E-state index in [0.29, 0.717) is 35.2 Å². The first-order valence-corrected chi connectivity index (χ1v) is 9.90. The lowest BCUT2D eigenvalue weighted by Gasteiger charge is -2.57. The summed E-state index contributed by atoms with van der Waals surface area (Å²) in [5, 5.41) is 0. The summed E-state index contributed by atoms with van der Waals surface area (Å²) in [7, 11) is 0. The van der Waals surface area contributed by atoms with Crippen LogP contribution in [0.25, 0.3) is 0 Å². The van der Waals surface area contributed by atoms with Crippen molar-refractivity contribution in [1.82, 2.24) is 0 Å². The van der Waals surface area contributed by atoms with Crippen LogP contribution < -0.4 is 0 Å². The molecule has 0 amide bonds. The topological polar surface area (TPSA) is 43.4 Å². The molecular weight excluding hydrogens is 288 g/mol. The van der Waals surface area contributed by atoms with Crippen molar-refractivity contribution >= 4 is 11.6 Å². The molecule has 8 fully saturated rings. The summed E-state index contributed by atoms with van der Waals surface area (Å²) in [6.07, 6.45) is 9.39. The van der Waals surface area contributed by atoms with Crippen molar-refractivity contribution in [2.45, 2.75) is 63.6 Å². The molecule has 3 heteroatoms. The summed E-state index contributed by atoms with van der Waals surface area (Å²) in [6.45, 7) is 0. The standard InChI is InChI=1S/C20H26O3/c21-17-11-1-9-3-13(7-11)19(15(17)5-9)23-20-14-4-10-2-12(8-14)18(22)16(20)6-10/h9-16,19-20H,1-8H2. The number of hydrogen-bond donors (Lipinski definition) is 0.